The van der Waals surface area contributed by atoms with Gasteiger partial charge < -0.3 is 10.3 Å². The van der Waals surface area contributed by atoms with Crippen molar-refractivity contribution in [3.8, 4) is 22.0 Å². The Hall–Kier alpha value is -3.32. The Labute approximate surface area is 171 Å². The molecule has 0 spiro atoms. The fourth-order valence-corrected chi connectivity index (χ4v) is 4.05. The summed E-state index contributed by atoms with van der Waals surface area (Å²) in [6, 6.07) is 12.1. The van der Waals surface area contributed by atoms with E-state index in [2.05, 4.69) is 4.98 Å². The number of thiazole rings is 1. The second-order valence-electron chi connectivity index (χ2n) is 6.84. The minimum absolute atomic E-state index is 0.299. The lowest BCUT2D eigenvalue weighted by Crippen LogP contribution is -2.12. The summed E-state index contributed by atoms with van der Waals surface area (Å²) in [5.74, 6) is -0.799. The molecule has 3 heterocycles. The van der Waals surface area contributed by atoms with Gasteiger partial charge in [0.25, 0.3) is 5.91 Å². The number of aromatic nitrogens is 3. The van der Waals surface area contributed by atoms with E-state index in [0.717, 1.165) is 38.9 Å². The second kappa shape index (κ2) is 7.60. The smallest absolute Gasteiger partial charge is 0.250 e. The molecule has 0 atom stereocenters. The van der Waals surface area contributed by atoms with Crippen molar-refractivity contribution < 1.29 is 9.18 Å². The van der Waals surface area contributed by atoms with Crippen molar-refractivity contribution >= 4 is 17.2 Å². The van der Waals surface area contributed by atoms with Crippen LogP contribution in [0.1, 0.15) is 27.3 Å². The number of halogens is 1. The Balaban J connectivity index is 1.78. The van der Waals surface area contributed by atoms with E-state index in [4.69, 9.17) is 10.7 Å². The second-order valence-corrected chi connectivity index (χ2v) is 7.69. The molecule has 146 valence electrons. The minimum Gasteiger partial charge on any atom is -0.366 e. The first-order valence-electron chi connectivity index (χ1n) is 9.05. The molecule has 0 aliphatic rings. The summed E-state index contributed by atoms with van der Waals surface area (Å²) in [6.45, 7) is 4.18. The van der Waals surface area contributed by atoms with Crippen LogP contribution in [0.3, 0.4) is 0 Å². The number of benzene rings is 1. The highest BCUT2D eigenvalue weighted by Crippen LogP contribution is 2.31. The molecular formula is C22H19FN4OS. The summed E-state index contributed by atoms with van der Waals surface area (Å²) >= 11 is 1.50. The SMILES string of the molecule is Cc1ccc(-c2nc(-c3cc(C(N)=O)c(C)n3Cc3cccc(F)c3)cs2)cn1. The van der Waals surface area contributed by atoms with Gasteiger partial charge in [-0.25, -0.2) is 9.37 Å². The van der Waals surface area contributed by atoms with E-state index in [1.807, 2.05) is 42.0 Å². The normalized spacial score (nSPS) is 11.0. The third kappa shape index (κ3) is 3.82. The average Bonchev–Trinajstić information content (AvgIpc) is 3.28. The molecule has 0 aliphatic carbocycles. The predicted octanol–water partition coefficient (Wildman–Crippen LogP) is 4.58. The lowest BCUT2D eigenvalue weighted by molar-refractivity contribution is 0.0999. The molecule has 3 aromatic heterocycles. The minimum atomic E-state index is -0.500. The first-order chi connectivity index (χ1) is 13.9. The van der Waals surface area contributed by atoms with Crippen LogP contribution in [0.25, 0.3) is 22.0 Å². The molecule has 0 radical (unpaired) electrons. The number of amides is 1. The van der Waals surface area contributed by atoms with Gasteiger partial charge in [0.2, 0.25) is 0 Å². The molecule has 5 nitrogen and oxygen atoms in total. The molecule has 0 saturated heterocycles. The van der Waals surface area contributed by atoms with E-state index in [1.165, 1.54) is 23.5 Å². The number of carbonyl (C=O) groups excluding carboxylic acids is 1. The lowest BCUT2D eigenvalue weighted by Gasteiger charge is -2.11. The van der Waals surface area contributed by atoms with Gasteiger partial charge in [-0.05, 0) is 49.7 Å². The predicted molar refractivity (Wildman–Crippen MR) is 112 cm³/mol. The summed E-state index contributed by atoms with van der Waals surface area (Å²) in [5.41, 5.74) is 10.9. The van der Waals surface area contributed by atoms with Crippen molar-refractivity contribution in [3.63, 3.8) is 0 Å². The van der Waals surface area contributed by atoms with Gasteiger partial charge in [0, 0.05) is 35.1 Å². The van der Waals surface area contributed by atoms with Crippen molar-refractivity contribution in [2.45, 2.75) is 20.4 Å². The van der Waals surface area contributed by atoms with Crippen LogP contribution < -0.4 is 5.73 Å². The Kier molecular flexibility index (Phi) is 4.98. The van der Waals surface area contributed by atoms with Gasteiger partial charge in [-0.2, -0.15) is 0 Å². The standard InChI is InChI=1S/C22H19FN4OS/c1-13-6-7-16(10-25-13)22-26-19(12-29-22)20-9-18(21(24)28)14(2)27(20)11-15-4-3-5-17(23)8-15/h3-10,12H,11H2,1-2H3,(H2,24,28). The molecule has 0 fully saturated rings. The van der Waals surface area contributed by atoms with Gasteiger partial charge in [0.05, 0.1) is 17.0 Å². The van der Waals surface area contributed by atoms with Gasteiger partial charge in [0.1, 0.15) is 10.8 Å². The Morgan fingerprint density at radius 2 is 2.03 bits per heavy atom. The van der Waals surface area contributed by atoms with Crippen molar-refractivity contribution in [2.75, 3.05) is 0 Å². The van der Waals surface area contributed by atoms with Crippen LogP contribution in [-0.4, -0.2) is 20.4 Å². The Morgan fingerprint density at radius 3 is 2.72 bits per heavy atom. The average molecular weight is 406 g/mol. The molecule has 0 saturated carbocycles. The third-order valence-corrected chi connectivity index (χ3v) is 5.68. The van der Waals surface area contributed by atoms with Crippen LogP contribution in [0.5, 0.6) is 0 Å². The van der Waals surface area contributed by atoms with Gasteiger partial charge >= 0.3 is 0 Å². The van der Waals surface area contributed by atoms with E-state index >= 15 is 0 Å². The van der Waals surface area contributed by atoms with Crippen molar-refractivity contribution in [1.82, 2.24) is 14.5 Å². The highest BCUT2D eigenvalue weighted by Gasteiger charge is 2.19. The van der Waals surface area contributed by atoms with Crippen LogP contribution in [-0.2, 0) is 6.54 Å². The molecular weight excluding hydrogens is 387 g/mol. The first kappa shape index (κ1) is 19.0. The maximum atomic E-state index is 13.6. The number of primary amides is 1. The van der Waals surface area contributed by atoms with E-state index in [1.54, 1.807) is 18.3 Å². The molecule has 29 heavy (non-hydrogen) atoms. The van der Waals surface area contributed by atoms with Crippen LogP contribution >= 0.6 is 11.3 Å². The molecule has 0 unspecified atom stereocenters. The van der Waals surface area contributed by atoms with Crippen molar-refractivity contribution in [3.05, 3.63) is 82.4 Å². The summed E-state index contributed by atoms with van der Waals surface area (Å²) < 4.78 is 15.6. The summed E-state index contributed by atoms with van der Waals surface area (Å²) in [5, 5.41) is 2.78. The molecule has 7 heteroatoms. The summed E-state index contributed by atoms with van der Waals surface area (Å²) in [4.78, 5) is 21.0. The molecule has 4 rings (SSSR count). The fraction of sp³-hybridized carbons (Fsp3) is 0.136. The number of hydrogen-bond acceptors (Lipinski definition) is 4. The molecule has 0 aliphatic heterocycles. The summed E-state index contributed by atoms with van der Waals surface area (Å²) in [6.07, 6.45) is 1.80. The number of pyridine rings is 1. The number of hydrogen-bond donors (Lipinski definition) is 1. The number of nitrogens with two attached hydrogens (primary N) is 1. The summed E-state index contributed by atoms with van der Waals surface area (Å²) in [7, 11) is 0. The lowest BCUT2D eigenvalue weighted by atomic mass is 10.2. The zero-order chi connectivity index (χ0) is 20.5. The topological polar surface area (TPSA) is 73.8 Å². The first-order valence-corrected chi connectivity index (χ1v) is 9.93. The largest absolute Gasteiger partial charge is 0.366 e. The zero-order valence-corrected chi connectivity index (χ0v) is 16.8. The van der Waals surface area contributed by atoms with E-state index in [0.29, 0.717) is 12.1 Å². The van der Waals surface area contributed by atoms with E-state index in [9.17, 15) is 9.18 Å². The number of rotatable bonds is 5. The number of aryl methyl sites for hydroxylation is 1. The molecule has 1 amide bonds. The van der Waals surface area contributed by atoms with Crippen molar-refractivity contribution in [2.24, 2.45) is 5.73 Å². The van der Waals surface area contributed by atoms with Crippen LogP contribution in [0.4, 0.5) is 4.39 Å². The molecule has 0 bridgehead atoms. The molecule has 1 aromatic carbocycles. The van der Waals surface area contributed by atoms with Gasteiger partial charge in [0.15, 0.2) is 0 Å². The monoisotopic (exact) mass is 406 g/mol. The van der Waals surface area contributed by atoms with E-state index < -0.39 is 5.91 Å². The number of carbonyl (C=O) groups is 1. The van der Waals surface area contributed by atoms with Crippen LogP contribution in [0.15, 0.2) is 54.0 Å². The molecule has 2 N–H and O–H groups in total. The fourth-order valence-electron chi connectivity index (χ4n) is 3.25. The maximum absolute atomic E-state index is 13.6. The Morgan fingerprint density at radius 1 is 1.21 bits per heavy atom. The Bertz CT molecular complexity index is 1190. The quantitative estimate of drug-likeness (QED) is 0.527. The third-order valence-electron chi connectivity index (χ3n) is 4.79. The van der Waals surface area contributed by atoms with Gasteiger partial charge in [-0.3, -0.25) is 9.78 Å². The van der Waals surface area contributed by atoms with Crippen LogP contribution in [0, 0.1) is 19.7 Å². The highest BCUT2D eigenvalue weighted by molar-refractivity contribution is 7.13. The van der Waals surface area contributed by atoms with Gasteiger partial charge in [-0.15, -0.1) is 11.3 Å². The zero-order valence-electron chi connectivity index (χ0n) is 16.0. The van der Waals surface area contributed by atoms with Gasteiger partial charge in [-0.1, -0.05) is 12.1 Å². The maximum Gasteiger partial charge on any atom is 0.250 e. The number of nitrogens with zero attached hydrogens (tertiary/aromatic N) is 3. The van der Waals surface area contributed by atoms with Crippen molar-refractivity contribution in [1.29, 1.82) is 0 Å². The highest BCUT2D eigenvalue weighted by atomic mass is 32.1. The van der Waals surface area contributed by atoms with E-state index in [-0.39, 0.29) is 5.82 Å². The van der Waals surface area contributed by atoms with Crippen LogP contribution in [0.2, 0.25) is 0 Å². The molecule has 4 aromatic rings.